The summed E-state index contributed by atoms with van der Waals surface area (Å²) in [6, 6.07) is 6.24. The highest BCUT2D eigenvalue weighted by atomic mass is 79.9. The zero-order valence-electron chi connectivity index (χ0n) is 10.2. The number of nitrogens with zero attached hydrogens (tertiary/aromatic N) is 1. The highest BCUT2D eigenvalue weighted by Crippen LogP contribution is 2.32. The van der Waals surface area contributed by atoms with Crippen molar-refractivity contribution >= 4 is 38.9 Å². The molecule has 0 aliphatic rings. The fourth-order valence-corrected chi connectivity index (χ4v) is 3.34. The standard InChI is InChI=1S/C13H14BrClN2S/c1-8(2)16-6-10-7-18-13(17-10)11-4-3-9(15)5-12(11)14/h3-5,7-8,16H,6H2,1-2H3. The van der Waals surface area contributed by atoms with Crippen LogP contribution in [0.25, 0.3) is 10.6 Å². The molecular weight excluding hydrogens is 332 g/mol. The van der Waals surface area contributed by atoms with Gasteiger partial charge in [-0.1, -0.05) is 41.4 Å². The second-order valence-electron chi connectivity index (χ2n) is 4.30. The Bertz CT molecular complexity index is 540. The lowest BCUT2D eigenvalue weighted by atomic mass is 10.2. The van der Waals surface area contributed by atoms with Gasteiger partial charge in [0.15, 0.2) is 0 Å². The third-order valence-corrected chi connectivity index (χ3v) is 4.22. The molecule has 0 spiro atoms. The van der Waals surface area contributed by atoms with Crippen molar-refractivity contribution in [3.05, 3.63) is 38.8 Å². The number of hydrogen-bond acceptors (Lipinski definition) is 3. The van der Waals surface area contributed by atoms with Crippen molar-refractivity contribution in [3.8, 4) is 10.6 Å². The van der Waals surface area contributed by atoms with E-state index >= 15 is 0 Å². The number of rotatable bonds is 4. The van der Waals surface area contributed by atoms with Crippen LogP contribution >= 0.6 is 38.9 Å². The maximum absolute atomic E-state index is 5.94. The molecule has 1 aromatic carbocycles. The van der Waals surface area contributed by atoms with Crippen LogP contribution in [0.4, 0.5) is 0 Å². The average molecular weight is 346 g/mol. The number of benzene rings is 1. The second kappa shape index (κ2) is 6.15. The predicted molar refractivity (Wildman–Crippen MR) is 82.2 cm³/mol. The molecule has 1 heterocycles. The Hall–Kier alpha value is -0.420. The van der Waals surface area contributed by atoms with Gasteiger partial charge in [0.2, 0.25) is 0 Å². The Morgan fingerprint density at radius 3 is 2.89 bits per heavy atom. The zero-order chi connectivity index (χ0) is 13.1. The van der Waals surface area contributed by atoms with Crippen LogP contribution < -0.4 is 5.32 Å². The second-order valence-corrected chi connectivity index (χ2v) is 6.45. The van der Waals surface area contributed by atoms with E-state index < -0.39 is 0 Å². The summed E-state index contributed by atoms with van der Waals surface area (Å²) in [4.78, 5) is 4.63. The Morgan fingerprint density at radius 2 is 2.22 bits per heavy atom. The molecule has 1 aromatic heterocycles. The van der Waals surface area contributed by atoms with Crippen LogP contribution in [-0.4, -0.2) is 11.0 Å². The summed E-state index contributed by atoms with van der Waals surface area (Å²) in [5.74, 6) is 0. The van der Waals surface area contributed by atoms with Crippen LogP contribution in [0, 0.1) is 0 Å². The number of aromatic nitrogens is 1. The quantitative estimate of drug-likeness (QED) is 0.867. The maximum atomic E-state index is 5.94. The molecule has 0 aliphatic carbocycles. The van der Waals surface area contributed by atoms with Crippen molar-refractivity contribution in [2.75, 3.05) is 0 Å². The van der Waals surface area contributed by atoms with E-state index in [4.69, 9.17) is 11.6 Å². The average Bonchev–Trinajstić information content (AvgIpc) is 2.75. The van der Waals surface area contributed by atoms with Crippen molar-refractivity contribution in [1.29, 1.82) is 0 Å². The normalized spacial score (nSPS) is 11.2. The molecule has 18 heavy (non-hydrogen) atoms. The SMILES string of the molecule is CC(C)NCc1csc(-c2ccc(Cl)cc2Br)n1. The molecule has 0 radical (unpaired) electrons. The Balaban J connectivity index is 2.18. The first-order valence-corrected chi connectivity index (χ1v) is 7.74. The molecule has 0 saturated carbocycles. The van der Waals surface area contributed by atoms with Crippen molar-refractivity contribution in [3.63, 3.8) is 0 Å². The van der Waals surface area contributed by atoms with Gasteiger partial charge in [-0.2, -0.15) is 0 Å². The van der Waals surface area contributed by atoms with Gasteiger partial charge in [0.25, 0.3) is 0 Å². The monoisotopic (exact) mass is 344 g/mol. The van der Waals surface area contributed by atoms with Crippen molar-refractivity contribution in [2.24, 2.45) is 0 Å². The van der Waals surface area contributed by atoms with Crippen LogP contribution in [0.2, 0.25) is 5.02 Å². The van der Waals surface area contributed by atoms with Gasteiger partial charge in [-0.3, -0.25) is 0 Å². The van der Waals surface area contributed by atoms with Gasteiger partial charge in [-0.15, -0.1) is 11.3 Å². The lowest BCUT2D eigenvalue weighted by Gasteiger charge is -2.05. The molecule has 0 atom stereocenters. The van der Waals surface area contributed by atoms with Crippen LogP contribution in [-0.2, 0) is 6.54 Å². The smallest absolute Gasteiger partial charge is 0.124 e. The molecule has 0 amide bonds. The summed E-state index contributed by atoms with van der Waals surface area (Å²) >= 11 is 11.1. The first-order chi connectivity index (χ1) is 8.56. The van der Waals surface area contributed by atoms with Gasteiger partial charge >= 0.3 is 0 Å². The van der Waals surface area contributed by atoms with Gasteiger partial charge < -0.3 is 5.32 Å². The number of halogens is 2. The molecule has 2 aromatic rings. The largest absolute Gasteiger partial charge is 0.309 e. The predicted octanol–water partition coefficient (Wildman–Crippen LogP) is 4.72. The molecule has 0 bridgehead atoms. The van der Waals surface area contributed by atoms with Crippen LogP contribution in [0.1, 0.15) is 19.5 Å². The summed E-state index contributed by atoms with van der Waals surface area (Å²) in [6.45, 7) is 5.06. The molecule has 5 heteroatoms. The maximum Gasteiger partial charge on any atom is 0.124 e. The van der Waals surface area contributed by atoms with E-state index in [1.54, 1.807) is 11.3 Å². The minimum Gasteiger partial charge on any atom is -0.309 e. The molecule has 0 unspecified atom stereocenters. The molecule has 96 valence electrons. The molecule has 1 N–H and O–H groups in total. The van der Waals surface area contributed by atoms with Crippen LogP contribution in [0.3, 0.4) is 0 Å². The van der Waals surface area contributed by atoms with E-state index in [1.165, 1.54) is 0 Å². The summed E-state index contributed by atoms with van der Waals surface area (Å²) < 4.78 is 0.979. The summed E-state index contributed by atoms with van der Waals surface area (Å²) in [7, 11) is 0. The minimum atomic E-state index is 0.470. The van der Waals surface area contributed by atoms with E-state index in [0.29, 0.717) is 6.04 Å². The van der Waals surface area contributed by atoms with E-state index in [2.05, 4.69) is 45.5 Å². The first kappa shape index (κ1) is 14.0. The van der Waals surface area contributed by atoms with E-state index in [9.17, 15) is 0 Å². The molecule has 0 aliphatic heterocycles. The molecule has 2 rings (SSSR count). The van der Waals surface area contributed by atoms with Gasteiger partial charge in [0, 0.05) is 33.0 Å². The zero-order valence-corrected chi connectivity index (χ0v) is 13.4. The third kappa shape index (κ3) is 3.54. The molecule has 0 fully saturated rings. The van der Waals surface area contributed by atoms with Gasteiger partial charge in [-0.05, 0) is 18.2 Å². The minimum absolute atomic E-state index is 0.470. The van der Waals surface area contributed by atoms with Crippen LogP contribution in [0.15, 0.2) is 28.1 Å². The number of thiazole rings is 1. The highest BCUT2D eigenvalue weighted by molar-refractivity contribution is 9.10. The Kier molecular flexibility index (Phi) is 4.78. The summed E-state index contributed by atoms with van der Waals surface area (Å²) in [5.41, 5.74) is 2.16. The third-order valence-electron chi connectivity index (χ3n) is 2.40. The number of hydrogen-bond donors (Lipinski definition) is 1. The highest BCUT2D eigenvalue weighted by Gasteiger charge is 2.08. The lowest BCUT2D eigenvalue weighted by molar-refractivity contribution is 0.583. The topological polar surface area (TPSA) is 24.9 Å². The fourth-order valence-electron chi connectivity index (χ4n) is 1.48. The molecular formula is C13H14BrClN2S. The summed E-state index contributed by atoms with van der Waals surface area (Å²) in [6.07, 6.45) is 0. The van der Waals surface area contributed by atoms with Crippen molar-refractivity contribution in [2.45, 2.75) is 26.4 Å². The van der Waals surface area contributed by atoms with E-state index in [0.717, 1.165) is 32.3 Å². The van der Waals surface area contributed by atoms with Crippen LogP contribution in [0.5, 0.6) is 0 Å². The van der Waals surface area contributed by atoms with Gasteiger partial charge in [-0.25, -0.2) is 4.98 Å². The Morgan fingerprint density at radius 1 is 1.44 bits per heavy atom. The van der Waals surface area contributed by atoms with Gasteiger partial charge in [0.05, 0.1) is 5.69 Å². The van der Waals surface area contributed by atoms with Gasteiger partial charge in [0.1, 0.15) is 5.01 Å². The fraction of sp³-hybridized carbons (Fsp3) is 0.308. The lowest BCUT2D eigenvalue weighted by Crippen LogP contribution is -2.21. The number of nitrogens with one attached hydrogen (secondary N) is 1. The molecule has 0 saturated heterocycles. The van der Waals surface area contributed by atoms with Crippen molar-refractivity contribution < 1.29 is 0 Å². The molecule has 2 nitrogen and oxygen atoms in total. The first-order valence-electron chi connectivity index (χ1n) is 5.69. The summed E-state index contributed by atoms with van der Waals surface area (Å²) in [5, 5.41) is 7.19. The van der Waals surface area contributed by atoms with E-state index in [-0.39, 0.29) is 0 Å². The Labute approximate surface area is 125 Å². The van der Waals surface area contributed by atoms with Crippen molar-refractivity contribution in [1.82, 2.24) is 10.3 Å². The van der Waals surface area contributed by atoms with E-state index in [1.807, 2.05) is 18.2 Å².